The zero-order chi connectivity index (χ0) is 16.9. The Morgan fingerprint density at radius 2 is 2.00 bits per heavy atom. The highest BCUT2D eigenvalue weighted by atomic mass is 16.5. The molecule has 124 valence electrons. The minimum atomic E-state index is -0.381. The number of oxazole rings is 1. The highest BCUT2D eigenvalue weighted by Crippen LogP contribution is 2.14. The van der Waals surface area contributed by atoms with E-state index in [-0.39, 0.29) is 18.3 Å². The van der Waals surface area contributed by atoms with E-state index < -0.39 is 0 Å². The average molecular weight is 326 g/mol. The van der Waals surface area contributed by atoms with Crippen LogP contribution in [0.1, 0.15) is 5.56 Å². The lowest BCUT2D eigenvalue weighted by atomic mass is 10.1. The van der Waals surface area contributed by atoms with E-state index in [1.54, 1.807) is 19.2 Å². The molecule has 0 atom stereocenters. The predicted octanol–water partition coefficient (Wildman–Crippen LogP) is 1.87. The topological polar surface area (TPSA) is 73.5 Å². The highest BCUT2D eigenvalue weighted by molar-refractivity contribution is 5.77. The molecule has 0 aliphatic heterocycles. The van der Waals surface area contributed by atoms with Crippen molar-refractivity contribution in [1.29, 1.82) is 0 Å². The number of carbonyl (C=O) groups excluding carboxylic acids is 1. The summed E-state index contributed by atoms with van der Waals surface area (Å²) in [6.45, 7) is 0.468. The van der Waals surface area contributed by atoms with Gasteiger partial charge in [-0.05, 0) is 36.2 Å². The Morgan fingerprint density at radius 1 is 1.21 bits per heavy atom. The first-order chi connectivity index (χ1) is 11.6. The molecule has 2 aromatic carbocycles. The number of carbonyl (C=O) groups is 1. The van der Waals surface area contributed by atoms with E-state index in [4.69, 9.17) is 9.15 Å². The number of hydrogen-bond donors (Lipinski definition) is 1. The van der Waals surface area contributed by atoms with Crippen molar-refractivity contribution in [3.63, 3.8) is 0 Å². The van der Waals surface area contributed by atoms with Gasteiger partial charge in [0, 0.05) is 13.6 Å². The standard InChI is InChI=1S/C18H18N2O4/c1-20-15-8-7-13(11-16(15)24-18(20)22)9-10-19-17(21)12-23-14-5-3-2-4-6-14/h2-8,11H,9-10,12H2,1H3,(H,19,21). The summed E-state index contributed by atoms with van der Waals surface area (Å²) in [6, 6.07) is 14.8. The average Bonchev–Trinajstić information content (AvgIpc) is 2.88. The molecule has 6 nitrogen and oxygen atoms in total. The zero-order valence-corrected chi connectivity index (χ0v) is 13.3. The summed E-state index contributed by atoms with van der Waals surface area (Å²) >= 11 is 0. The van der Waals surface area contributed by atoms with Gasteiger partial charge in [-0.25, -0.2) is 4.79 Å². The number of rotatable bonds is 6. The fraction of sp³-hybridized carbons (Fsp3) is 0.222. The summed E-state index contributed by atoms with van der Waals surface area (Å²) in [6.07, 6.45) is 0.644. The minimum absolute atomic E-state index is 0.0173. The number of amides is 1. The van der Waals surface area contributed by atoms with Gasteiger partial charge < -0.3 is 14.5 Å². The maximum absolute atomic E-state index is 11.8. The second kappa shape index (κ2) is 7.04. The normalized spacial score (nSPS) is 10.7. The van der Waals surface area contributed by atoms with E-state index in [1.807, 2.05) is 36.4 Å². The summed E-state index contributed by atoms with van der Waals surface area (Å²) in [5.74, 6) is 0.108. The smallest absolute Gasteiger partial charge is 0.419 e. The zero-order valence-electron chi connectivity index (χ0n) is 13.3. The lowest BCUT2D eigenvalue weighted by Crippen LogP contribution is -2.30. The monoisotopic (exact) mass is 326 g/mol. The molecular weight excluding hydrogens is 308 g/mol. The first-order valence-corrected chi connectivity index (χ1v) is 7.66. The number of para-hydroxylation sites is 1. The van der Waals surface area contributed by atoms with Gasteiger partial charge in [-0.3, -0.25) is 9.36 Å². The largest absolute Gasteiger partial charge is 0.484 e. The summed E-state index contributed by atoms with van der Waals surface area (Å²) in [7, 11) is 1.67. The van der Waals surface area contributed by atoms with Crippen LogP contribution >= 0.6 is 0 Å². The fourth-order valence-corrected chi connectivity index (χ4v) is 2.40. The maximum Gasteiger partial charge on any atom is 0.419 e. The van der Waals surface area contributed by atoms with Crippen molar-refractivity contribution >= 4 is 17.0 Å². The third-order valence-electron chi connectivity index (χ3n) is 3.71. The first kappa shape index (κ1) is 15.9. The van der Waals surface area contributed by atoms with Gasteiger partial charge in [-0.2, -0.15) is 0 Å². The van der Waals surface area contributed by atoms with Crippen LogP contribution in [0.4, 0.5) is 0 Å². The van der Waals surface area contributed by atoms with Crippen LogP contribution < -0.4 is 15.8 Å². The molecule has 0 unspecified atom stereocenters. The predicted molar refractivity (Wildman–Crippen MR) is 90.1 cm³/mol. The molecule has 0 aliphatic rings. The highest BCUT2D eigenvalue weighted by Gasteiger charge is 2.07. The van der Waals surface area contributed by atoms with Crippen LogP contribution in [0.25, 0.3) is 11.1 Å². The quantitative estimate of drug-likeness (QED) is 0.750. The number of hydrogen-bond acceptors (Lipinski definition) is 4. The van der Waals surface area contributed by atoms with Crippen LogP contribution in [0.3, 0.4) is 0 Å². The maximum atomic E-state index is 11.8. The second-order valence-corrected chi connectivity index (χ2v) is 5.43. The number of benzene rings is 2. The molecule has 0 fully saturated rings. The summed E-state index contributed by atoms with van der Waals surface area (Å²) in [4.78, 5) is 23.2. The molecule has 1 aromatic heterocycles. The molecule has 0 bridgehead atoms. The lowest BCUT2D eigenvalue weighted by molar-refractivity contribution is -0.123. The SMILES string of the molecule is Cn1c(=O)oc2cc(CCNC(=O)COc3ccccc3)ccc21. The van der Waals surface area contributed by atoms with E-state index in [0.717, 1.165) is 11.1 Å². The number of aryl methyl sites for hydroxylation is 1. The van der Waals surface area contributed by atoms with Gasteiger partial charge in [0.05, 0.1) is 5.52 Å². The van der Waals surface area contributed by atoms with Gasteiger partial charge in [0.25, 0.3) is 5.91 Å². The van der Waals surface area contributed by atoms with Gasteiger partial charge in [0.1, 0.15) is 5.75 Å². The van der Waals surface area contributed by atoms with Gasteiger partial charge in [-0.1, -0.05) is 24.3 Å². The fourth-order valence-electron chi connectivity index (χ4n) is 2.40. The Hall–Kier alpha value is -3.02. The molecule has 0 saturated heterocycles. The van der Waals surface area contributed by atoms with Crippen molar-refractivity contribution in [3.8, 4) is 5.75 Å². The molecule has 3 aromatic rings. The van der Waals surface area contributed by atoms with Crippen LogP contribution in [0.5, 0.6) is 5.75 Å². The lowest BCUT2D eigenvalue weighted by Gasteiger charge is -2.07. The summed E-state index contributed by atoms with van der Waals surface area (Å²) < 4.78 is 12.0. The first-order valence-electron chi connectivity index (χ1n) is 7.66. The molecule has 0 spiro atoms. The molecule has 0 aliphatic carbocycles. The Balaban J connectivity index is 1.49. The summed E-state index contributed by atoms with van der Waals surface area (Å²) in [5, 5.41) is 2.80. The van der Waals surface area contributed by atoms with Crippen LogP contribution in [0.15, 0.2) is 57.7 Å². The molecule has 24 heavy (non-hydrogen) atoms. The van der Waals surface area contributed by atoms with E-state index in [1.165, 1.54) is 4.57 Å². The Morgan fingerprint density at radius 3 is 2.79 bits per heavy atom. The number of nitrogens with zero attached hydrogens (tertiary/aromatic N) is 1. The summed E-state index contributed by atoms with van der Waals surface area (Å²) in [5.41, 5.74) is 2.30. The van der Waals surface area contributed by atoms with Crippen molar-refractivity contribution in [2.75, 3.05) is 13.2 Å². The molecule has 0 radical (unpaired) electrons. The van der Waals surface area contributed by atoms with Gasteiger partial charge >= 0.3 is 5.76 Å². The Bertz CT molecular complexity index is 896. The van der Waals surface area contributed by atoms with Crippen molar-refractivity contribution in [2.24, 2.45) is 7.05 Å². The van der Waals surface area contributed by atoms with Crippen molar-refractivity contribution < 1.29 is 13.9 Å². The minimum Gasteiger partial charge on any atom is -0.484 e. The van der Waals surface area contributed by atoms with Crippen molar-refractivity contribution in [3.05, 3.63) is 64.6 Å². The van der Waals surface area contributed by atoms with E-state index in [9.17, 15) is 9.59 Å². The Kier molecular flexibility index (Phi) is 4.65. The van der Waals surface area contributed by atoms with Gasteiger partial charge in [-0.15, -0.1) is 0 Å². The van der Waals surface area contributed by atoms with Crippen molar-refractivity contribution in [2.45, 2.75) is 6.42 Å². The van der Waals surface area contributed by atoms with E-state index >= 15 is 0 Å². The number of nitrogens with one attached hydrogen (secondary N) is 1. The third kappa shape index (κ3) is 3.65. The number of aromatic nitrogens is 1. The number of ether oxygens (including phenoxy) is 1. The molecular formula is C18H18N2O4. The van der Waals surface area contributed by atoms with Crippen LogP contribution in [-0.2, 0) is 18.3 Å². The second-order valence-electron chi connectivity index (χ2n) is 5.43. The van der Waals surface area contributed by atoms with Crippen LogP contribution in [0.2, 0.25) is 0 Å². The van der Waals surface area contributed by atoms with E-state index in [2.05, 4.69) is 5.32 Å². The van der Waals surface area contributed by atoms with Crippen molar-refractivity contribution in [1.82, 2.24) is 9.88 Å². The molecule has 1 heterocycles. The van der Waals surface area contributed by atoms with Crippen LogP contribution in [-0.4, -0.2) is 23.6 Å². The molecule has 1 amide bonds. The molecule has 1 N–H and O–H groups in total. The third-order valence-corrected chi connectivity index (χ3v) is 3.71. The molecule has 6 heteroatoms. The molecule has 3 rings (SSSR count). The Labute approximate surface area is 138 Å². The van der Waals surface area contributed by atoms with Crippen LogP contribution in [0, 0.1) is 0 Å². The number of fused-ring (bicyclic) bond motifs is 1. The van der Waals surface area contributed by atoms with Gasteiger partial charge in [0.2, 0.25) is 0 Å². The molecule has 0 saturated carbocycles. The van der Waals surface area contributed by atoms with Gasteiger partial charge in [0.15, 0.2) is 12.2 Å². The van der Waals surface area contributed by atoms with E-state index in [0.29, 0.717) is 24.3 Å².